The van der Waals surface area contributed by atoms with E-state index in [1.165, 1.54) is 4.90 Å². The van der Waals surface area contributed by atoms with Crippen molar-refractivity contribution in [3.8, 4) is 5.75 Å². The highest BCUT2D eigenvalue weighted by atomic mass is 16.5. The summed E-state index contributed by atoms with van der Waals surface area (Å²) in [4.78, 5) is 46.7. The minimum atomic E-state index is -0.272. The summed E-state index contributed by atoms with van der Waals surface area (Å²) in [6, 6.07) is 3.47. The maximum atomic E-state index is 12.8. The zero-order valence-corrected chi connectivity index (χ0v) is 15.3. The van der Waals surface area contributed by atoms with Gasteiger partial charge in [0.05, 0.1) is 0 Å². The van der Waals surface area contributed by atoms with Gasteiger partial charge >= 0.3 is 0 Å². The number of fused-ring (bicyclic) bond motifs is 1. The van der Waals surface area contributed by atoms with Crippen LogP contribution in [0.4, 0.5) is 5.82 Å². The molecular weight excluding hydrogens is 348 g/mol. The molecule has 4 rings (SSSR count). The lowest BCUT2D eigenvalue weighted by Crippen LogP contribution is -2.48. The second-order valence-electron chi connectivity index (χ2n) is 7.28. The molecule has 8 heteroatoms. The van der Waals surface area contributed by atoms with Crippen molar-refractivity contribution in [1.82, 2.24) is 14.8 Å². The molecule has 8 nitrogen and oxygen atoms in total. The minimum absolute atomic E-state index is 0.0528. The summed E-state index contributed by atoms with van der Waals surface area (Å²) in [5.74, 6) is 0.917. The van der Waals surface area contributed by atoms with E-state index in [0.717, 1.165) is 25.7 Å². The van der Waals surface area contributed by atoms with E-state index in [1.54, 1.807) is 23.2 Å². The Bertz CT molecular complexity index is 749. The zero-order chi connectivity index (χ0) is 18.8. The van der Waals surface area contributed by atoms with Crippen LogP contribution < -0.4 is 9.64 Å². The molecule has 144 valence electrons. The Morgan fingerprint density at radius 1 is 1.11 bits per heavy atom. The first-order valence-corrected chi connectivity index (χ1v) is 9.58. The van der Waals surface area contributed by atoms with Gasteiger partial charge in [-0.25, -0.2) is 4.98 Å². The highest BCUT2D eigenvalue weighted by Gasteiger charge is 2.33. The fourth-order valence-electron chi connectivity index (χ4n) is 3.73. The third kappa shape index (κ3) is 3.61. The second-order valence-corrected chi connectivity index (χ2v) is 7.28. The van der Waals surface area contributed by atoms with Crippen LogP contribution in [0.5, 0.6) is 5.75 Å². The summed E-state index contributed by atoms with van der Waals surface area (Å²) in [5.41, 5.74) is 0. The fraction of sp³-hybridized carbons (Fsp3) is 0.579. The Labute approximate surface area is 158 Å². The molecule has 2 fully saturated rings. The van der Waals surface area contributed by atoms with Crippen molar-refractivity contribution in [2.24, 2.45) is 5.92 Å². The lowest BCUT2D eigenvalue weighted by atomic mass is 9.84. The smallest absolute Gasteiger partial charge is 0.266 e. The summed E-state index contributed by atoms with van der Waals surface area (Å²) >= 11 is 0. The van der Waals surface area contributed by atoms with Gasteiger partial charge in [-0.1, -0.05) is 6.42 Å². The van der Waals surface area contributed by atoms with E-state index in [1.807, 2.05) is 4.90 Å². The number of ether oxygens (including phenoxy) is 1. The molecule has 1 aromatic rings. The first kappa shape index (κ1) is 17.8. The molecule has 3 heterocycles. The van der Waals surface area contributed by atoms with Gasteiger partial charge in [-0.15, -0.1) is 0 Å². The Hall–Kier alpha value is -2.64. The lowest BCUT2D eigenvalue weighted by molar-refractivity contribution is -0.138. The average molecular weight is 372 g/mol. The maximum Gasteiger partial charge on any atom is 0.266 e. The van der Waals surface area contributed by atoms with Gasteiger partial charge in [0.2, 0.25) is 11.8 Å². The molecule has 1 aromatic heterocycles. The van der Waals surface area contributed by atoms with Crippen LogP contribution in [0.1, 0.15) is 25.7 Å². The third-order valence-electron chi connectivity index (χ3n) is 5.57. The quantitative estimate of drug-likeness (QED) is 0.779. The highest BCUT2D eigenvalue weighted by Crippen LogP contribution is 2.30. The Morgan fingerprint density at radius 3 is 2.67 bits per heavy atom. The molecule has 1 saturated heterocycles. The molecule has 1 aliphatic carbocycles. The fourth-order valence-corrected chi connectivity index (χ4v) is 3.73. The molecule has 3 aliphatic rings. The molecule has 1 saturated carbocycles. The molecule has 2 aliphatic heterocycles. The van der Waals surface area contributed by atoms with Gasteiger partial charge in [-0.2, -0.15) is 0 Å². The highest BCUT2D eigenvalue weighted by molar-refractivity contribution is 6.01. The monoisotopic (exact) mass is 372 g/mol. The van der Waals surface area contributed by atoms with E-state index >= 15 is 0 Å². The van der Waals surface area contributed by atoms with Crippen LogP contribution in [0.25, 0.3) is 0 Å². The van der Waals surface area contributed by atoms with Crippen molar-refractivity contribution < 1.29 is 19.1 Å². The van der Waals surface area contributed by atoms with E-state index in [4.69, 9.17) is 4.74 Å². The molecule has 0 spiro atoms. The SMILES string of the molecule is O=C(CN1C(=O)COc2cccnc21)N1CCCN(C(=O)C2CCC2)CC1. The maximum absolute atomic E-state index is 12.8. The predicted molar refractivity (Wildman–Crippen MR) is 97.2 cm³/mol. The third-order valence-corrected chi connectivity index (χ3v) is 5.57. The Morgan fingerprint density at radius 2 is 1.89 bits per heavy atom. The van der Waals surface area contributed by atoms with Crippen LogP contribution in [-0.2, 0) is 14.4 Å². The van der Waals surface area contributed by atoms with Crippen LogP contribution in [-0.4, -0.2) is 71.8 Å². The summed E-state index contributed by atoms with van der Waals surface area (Å²) < 4.78 is 5.37. The number of pyridine rings is 1. The predicted octanol–water partition coefficient (Wildman–Crippen LogP) is 0.668. The largest absolute Gasteiger partial charge is 0.480 e. The van der Waals surface area contributed by atoms with Crippen molar-refractivity contribution in [1.29, 1.82) is 0 Å². The van der Waals surface area contributed by atoms with Crippen LogP contribution >= 0.6 is 0 Å². The van der Waals surface area contributed by atoms with E-state index in [0.29, 0.717) is 37.7 Å². The van der Waals surface area contributed by atoms with Gasteiger partial charge in [0.1, 0.15) is 6.54 Å². The summed E-state index contributed by atoms with van der Waals surface area (Å²) in [6.07, 6.45) is 5.45. The zero-order valence-electron chi connectivity index (χ0n) is 15.3. The number of nitrogens with zero attached hydrogens (tertiary/aromatic N) is 4. The van der Waals surface area contributed by atoms with Gasteiger partial charge < -0.3 is 14.5 Å². The van der Waals surface area contributed by atoms with Gasteiger partial charge in [0, 0.05) is 38.3 Å². The lowest BCUT2D eigenvalue weighted by Gasteiger charge is -2.31. The van der Waals surface area contributed by atoms with Gasteiger partial charge in [-0.3, -0.25) is 19.3 Å². The molecule has 27 heavy (non-hydrogen) atoms. The normalized spacial score (nSPS) is 20.4. The van der Waals surface area contributed by atoms with Crippen molar-refractivity contribution >= 4 is 23.5 Å². The first-order valence-electron chi connectivity index (χ1n) is 9.58. The van der Waals surface area contributed by atoms with Crippen molar-refractivity contribution in [2.75, 3.05) is 44.2 Å². The number of amides is 3. The van der Waals surface area contributed by atoms with Gasteiger partial charge in [0.25, 0.3) is 5.91 Å². The molecule has 0 atom stereocenters. The standard InChI is InChI=1S/C19H24N4O4/c24-16(12-23-17(25)13-27-15-6-2-7-20-18(15)23)21-8-3-9-22(11-10-21)19(26)14-4-1-5-14/h2,6-7,14H,1,3-5,8-13H2. The van der Waals surface area contributed by atoms with Crippen LogP contribution in [0.2, 0.25) is 0 Å². The summed E-state index contributed by atoms with van der Waals surface area (Å²) in [7, 11) is 0. The Kier molecular flexibility index (Phi) is 4.96. The van der Waals surface area contributed by atoms with E-state index in [9.17, 15) is 14.4 Å². The van der Waals surface area contributed by atoms with E-state index < -0.39 is 0 Å². The molecule has 0 aromatic carbocycles. The number of hydrogen-bond donors (Lipinski definition) is 0. The second kappa shape index (κ2) is 7.54. The van der Waals surface area contributed by atoms with Crippen LogP contribution in [0, 0.1) is 5.92 Å². The van der Waals surface area contributed by atoms with Crippen molar-refractivity contribution in [3.63, 3.8) is 0 Å². The molecule has 0 N–H and O–H groups in total. The van der Waals surface area contributed by atoms with Gasteiger partial charge in [0.15, 0.2) is 18.2 Å². The van der Waals surface area contributed by atoms with Crippen LogP contribution in [0.15, 0.2) is 18.3 Å². The minimum Gasteiger partial charge on any atom is -0.480 e. The van der Waals surface area contributed by atoms with Gasteiger partial charge in [-0.05, 0) is 31.4 Å². The summed E-state index contributed by atoms with van der Waals surface area (Å²) in [6.45, 7) is 2.22. The first-order chi connectivity index (χ1) is 13.1. The molecule has 0 radical (unpaired) electrons. The number of aromatic nitrogens is 1. The van der Waals surface area contributed by atoms with Crippen molar-refractivity contribution in [2.45, 2.75) is 25.7 Å². The number of carbonyl (C=O) groups excluding carboxylic acids is 3. The number of anilines is 1. The van der Waals surface area contributed by atoms with E-state index in [-0.39, 0.29) is 36.8 Å². The topological polar surface area (TPSA) is 83.1 Å². The molecule has 0 unspecified atom stereocenters. The molecule has 0 bridgehead atoms. The average Bonchev–Trinajstić information content (AvgIpc) is 2.89. The Balaban J connectivity index is 1.38. The van der Waals surface area contributed by atoms with Crippen LogP contribution in [0.3, 0.4) is 0 Å². The van der Waals surface area contributed by atoms with Crippen molar-refractivity contribution in [3.05, 3.63) is 18.3 Å². The number of carbonyl (C=O) groups is 3. The number of hydrogen-bond acceptors (Lipinski definition) is 5. The number of rotatable bonds is 3. The summed E-state index contributed by atoms with van der Waals surface area (Å²) in [5, 5.41) is 0. The van der Waals surface area contributed by atoms with E-state index in [2.05, 4.69) is 4.98 Å². The molecular formula is C19H24N4O4. The molecule has 3 amide bonds.